The van der Waals surface area contributed by atoms with E-state index in [0.29, 0.717) is 32.2 Å². The standard InChI is InChI=1S/C23H46N2O6/c1-18(10-11-24-19(26)28-12-14-30-21(2,3)4)16-23(8,9)17-25-20(27)29-13-15-31-22(5,6)7/h18H,10-17H2,1-9H3,(H,24,26)(H,25,27). The van der Waals surface area contributed by atoms with Crippen LogP contribution in [0.2, 0.25) is 0 Å². The number of carbonyl (C=O) groups is 2. The van der Waals surface area contributed by atoms with Gasteiger partial charge in [0, 0.05) is 13.1 Å². The molecule has 0 aromatic heterocycles. The average Bonchev–Trinajstić information content (AvgIpc) is 2.59. The Labute approximate surface area is 189 Å². The average molecular weight is 447 g/mol. The van der Waals surface area contributed by atoms with Crippen molar-refractivity contribution in [2.24, 2.45) is 11.3 Å². The fourth-order valence-electron chi connectivity index (χ4n) is 2.92. The number of hydrogen-bond acceptors (Lipinski definition) is 6. The van der Waals surface area contributed by atoms with Gasteiger partial charge in [-0.2, -0.15) is 0 Å². The number of amides is 2. The van der Waals surface area contributed by atoms with Crippen molar-refractivity contribution < 1.29 is 28.5 Å². The Morgan fingerprint density at radius 1 is 0.742 bits per heavy atom. The molecule has 1 unspecified atom stereocenters. The van der Waals surface area contributed by atoms with Crippen LogP contribution in [-0.4, -0.2) is 62.9 Å². The maximum atomic E-state index is 11.9. The second kappa shape index (κ2) is 13.8. The third kappa shape index (κ3) is 20.1. The zero-order chi connectivity index (χ0) is 24.1. The molecule has 0 saturated heterocycles. The van der Waals surface area contributed by atoms with Crippen LogP contribution in [-0.2, 0) is 18.9 Å². The van der Waals surface area contributed by atoms with Gasteiger partial charge in [0.15, 0.2) is 0 Å². The predicted molar refractivity (Wildman–Crippen MR) is 122 cm³/mol. The molecule has 184 valence electrons. The fraction of sp³-hybridized carbons (Fsp3) is 0.913. The lowest BCUT2D eigenvalue weighted by atomic mass is 9.82. The van der Waals surface area contributed by atoms with E-state index in [4.69, 9.17) is 18.9 Å². The molecule has 2 amide bonds. The maximum Gasteiger partial charge on any atom is 0.407 e. The SMILES string of the molecule is CC(CCNC(=O)OCCOC(C)(C)C)CC(C)(C)CNC(=O)OCCOC(C)(C)C. The minimum Gasteiger partial charge on any atom is -0.447 e. The molecule has 0 bridgehead atoms. The first-order chi connectivity index (χ1) is 14.1. The largest absolute Gasteiger partial charge is 0.447 e. The van der Waals surface area contributed by atoms with Crippen LogP contribution in [0.3, 0.4) is 0 Å². The van der Waals surface area contributed by atoms with E-state index < -0.39 is 12.2 Å². The molecule has 0 aliphatic carbocycles. The van der Waals surface area contributed by atoms with Crippen molar-refractivity contribution in [1.29, 1.82) is 0 Å². The van der Waals surface area contributed by atoms with Gasteiger partial charge in [-0.15, -0.1) is 0 Å². The molecule has 0 radical (unpaired) electrons. The highest BCUT2D eigenvalue weighted by Gasteiger charge is 2.22. The smallest absolute Gasteiger partial charge is 0.407 e. The molecule has 0 saturated carbocycles. The van der Waals surface area contributed by atoms with Crippen molar-refractivity contribution in [3.05, 3.63) is 0 Å². The summed E-state index contributed by atoms with van der Waals surface area (Å²) in [7, 11) is 0. The molecule has 0 aliphatic heterocycles. The first kappa shape index (κ1) is 29.5. The summed E-state index contributed by atoms with van der Waals surface area (Å²) in [5.41, 5.74) is -0.580. The van der Waals surface area contributed by atoms with Gasteiger partial charge in [-0.25, -0.2) is 9.59 Å². The molecule has 8 heteroatoms. The van der Waals surface area contributed by atoms with Gasteiger partial charge in [0.2, 0.25) is 0 Å². The van der Waals surface area contributed by atoms with E-state index in [2.05, 4.69) is 31.4 Å². The van der Waals surface area contributed by atoms with Gasteiger partial charge in [0.05, 0.1) is 24.4 Å². The Morgan fingerprint density at radius 2 is 1.19 bits per heavy atom. The van der Waals surface area contributed by atoms with Crippen molar-refractivity contribution in [2.75, 3.05) is 39.5 Å². The number of ether oxygens (including phenoxy) is 4. The molecule has 8 nitrogen and oxygen atoms in total. The Kier molecular flexibility index (Phi) is 13.1. The van der Waals surface area contributed by atoms with E-state index in [1.807, 2.05) is 41.5 Å². The summed E-state index contributed by atoms with van der Waals surface area (Å²) in [6, 6.07) is 0. The van der Waals surface area contributed by atoms with Gasteiger partial charge < -0.3 is 29.6 Å². The van der Waals surface area contributed by atoms with Crippen LogP contribution >= 0.6 is 0 Å². The van der Waals surface area contributed by atoms with Crippen molar-refractivity contribution in [3.8, 4) is 0 Å². The second-order valence-corrected chi connectivity index (χ2v) is 10.7. The van der Waals surface area contributed by atoms with E-state index >= 15 is 0 Å². The molecule has 2 N–H and O–H groups in total. The highest BCUT2D eigenvalue weighted by atomic mass is 16.6. The summed E-state index contributed by atoms with van der Waals surface area (Å²) in [6.45, 7) is 20.3. The zero-order valence-corrected chi connectivity index (χ0v) is 21.2. The minimum atomic E-state index is -0.432. The first-order valence-corrected chi connectivity index (χ1v) is 11.2. The van der Waals surface area contributed by atoms with Crippen molar-refractivity contribution in [2.45, 2.75) is 86.4 Å². The lowest BCUT2D eigenvalue weighted by Gasteiger charge is -2.28. The van der Waals surface area contributed by atoms with Gasteiger partial charge in [0.1, 0.15) is 13.2 Å². The highest BCUT2D eigenvalue weighted by Crippen LogP contribution is 2.26. The second-order valence-electron chi connectivity index (χ2n) is 10.7. The summed E-state index contributed by atoms with van der Waals surface area (Å²) in [4.78, 5) is 23.6. The zero-order valence-electron chi connectivity index (χ0n) is 21.2. The van der Waals surface area contributed by atoms with Crippen LogP contribution in [0.25, 0.3) is 0 Å². The molecule has 0 heterocycles. The third-order valence-electron chi connectivity index (χ3n) is 4.22. The van der Waals surface area contributed by atoms with Crippen LogP contribution in [0, 0.1) is 11.3 Å². The van der Waals surface area contributed by atoms with Gasteiger partial charge in [-0.05, 0) is 65.7 Å². The quantitative estimate of drug-likeness (QED) is 0.404. The molecule has 31 heavy (non-hydrogen) atoms. The van der Waals surface area contributed by atoms with E-state index in [1.165, 1.54) is 0 Å². The molecule has 0 aliphatic rings. The van der Waals surface area contributed by atoms with E-state index in [1.54, 1.807) is 0 Å². The predicted octanol–water partition coefficient (Wildman–Crippen LogP) is 4.51. The summed E-state index contributed by atoms with van der Waals surface area (Å²) in [5.74, 6) is 0.373. The highest BCUT2D eigenvalue weighted by molar-refractivity contribution is 5.67. The first-order valence-electron chi connectivity index (χ1n) is 11.2. The van der Waals surface area contributed by atoms with E-state index in [0.717, 1.165) is 12.8 Å². The molecule has 0 aromatic rings. The molecule has 0 spiro atoms. The van der Waals surface area contributed by atoms with E-state index in [-0.39, 0.29) is 29.8 Å². The lowest BCUT2D eigenvalue weighted by Crippen LogP contribution is -2.36. The Balaban J connectivity index is 3.93. The molecule has 0 aromatic carbocycles. The molecular weight excluding hydrogens is 400 g/mol. The molecule has 1 atom stereocenters. The topological polar surface area (TPSA) is 95.1 Å². The van der Waals surface area contributed by atoms with Crippen molar-refractivity contribution >= 4 is 12.2 Å². The van der Waals surface area contributed by atoms with Gasteiger partial charge in [-0.1, -0.05) is 20.8 Å². The third-order valence-corrected chi connectivity index (χ3v) is 4.22. The van der Waals surface area contributed by atoms with Crippen LogP contribution in [0.5, 0.6) is 0 Å². The number of rotatable bonds is 13. The minimum absolute atomic E-state index is 0.0921. The molecule has 0 rings (SSSR count). The summed E-state index contributed by atoms with van der Waals surface area (Å²) in [6.07, 6.45) is 0.865. The van der Waals surface area contributed by atoms with Gasteiger partial charge in [0.25, 0.3) is 0 Å². The van der Waals surface area contributed by atoms with E-state index in [9.17, 15) is 9.59 Å². The molecule has 0 fully saturated rings. The summed E-state index contributed by atoms with van der Waals surface area (Å²) in [5, 5.41) is 5.59. The normalized spacial score (nSPS) is 13.5. The van der Waals surface area contributed by atoms with Crippen LogP contribution < -0.4 is 10.6 Å². The lowest BCUT2D eigenvalue weighted by molar-refractivity contribution is -0.0233. The van der Waals surface area contributed by atoms with Crippen molar-refractivity contribution in [3.63, 3.8) is 0 Å². The van der Waals surface area contributed by atoms with Crippen LogP contribution in [0.4, 0.5) is 9.59 Å². The number of alkyl carbamates (subject to hydrolysis) is 2. The van der Waals surface area contributed by atoms with Crippen LogP contribution in [0.15, 0.2) is 0 Å². The number of carbonyl (C=O) groups excluding carboxylic acids is 2. The monoisotopic (exact) mass is 446 g/mol. The van der Waals surface area contributed by atoms with Gasteiger partial charge >= 0.3 is 12.2 Å². The summed E-state index contributed by atoms with van der Waals surface area (Å²) < 4.78 is 21.3. The number of nitrogens with one attached hydrogen (secondary N) is 2. The van der Waals surface area contributed by atoms with Crippen LogP contribution in [0.1, 0.15) is 75.2 Å². The van der Waals surface area contributed by atoms with Crippen molar-refractivity contribution in [1.82, 2.24) is 10.6 Å². The summed E-state index contributed by atoms with van der Waals surface area (Å²) >= 11 is 0. The fourth-order valence-corrected chi connectivity index (χ4v) is 2.92. The Hall–Kier alpha value is -1.54. The Bertz CT molecular complexity index is 523. The van der Waals surface area contributed by atoms with Gasteiger partial charge in [-0.3, -0.25) is 0 Å². The Morgan fingerprint density at radius 3 is 1.65 bits per heavy atom. The number of hydrogen-bond donors (Lipinski definition) is 2. The molecular formula is C23H46N2O6. The maximum absolute atomic E-state index is 11.9.